The fraction of sp³-hybridized carbons (Fsp3) is 0.500. The smallest absolute Gasteiger partial charge is 0.221 e. The van der Waals surface area contributed by atoms with Crippen LogP contribution in [0.15, 0.2) is 12.4 Å². The van der Waals surface area contributed by atoms with Gasteiger partial charge in [-0.05, 0) is 13.8 Å². The molecule has 0 radical (unpaired) electrons. The third kappa shape index (κ3) is 2.21. The van der Waals surface area contributed by atoms with Crippen molar-refractivity contribution in [2.75, 3.05) is 5.32 Å². The highest BCUT2D eigenvalue weighted by Gasteiger charge is 2.03. The summed E-state index contributed by atoms with van der Waals surface area (Å²) in [5, 5.41) is 11.6. The van der Waals surface area contributed by atoms with Gasteiger partial charge in [-0.15, -0.1) is 0 Å². The molecule has 1 N–H and O–H groups in total. The Bertz CT molecular complexity index is 469. The number of anilines is 1. The van der Waals surface area contributed by atoms with E-state index in [1.54, 1.807) is 4.68 Å². The van der Waals surface area contributed by atoms with Crippen molar-refractivity contribution in [1.29, 1.82) is 0 Å². The van der Waals surface area contributed by atoms with Gasteiger partial charge in [0.1, 0.15) is 5.82 Å². The van der Waals surface area contributed by atoms with E-state index >= 15 is 0 Å². The topological polar surface area (TPSA) is 60.6 Å². The first-order valence-electron chi connectivity index (χ1n) is 5.32. The standard InChI is InChI=1S/C10H16N6/c1-4-16-7-9(6-12-16)5-11-10-13-8(2)14-15(10)3/h6-7H,4-5H2,1-3H3,(H,11,13,14). The lowest BCUT2D eigenvalue weighted by Gasteiger charge is -2.01. The summed E-state index contributed by atoms with van der Waals surface area (Å²) in [6.07, 6.45) is 3.88. The second-order valence-electron chi connectivity index (χ2n) is 3.66. The maximum atomic E-state index is 4.27. The summed E-state index contributed by atoms with van der Waals surface area (Å²) in [7, 11) is 1.87. The molecule has 86 valence electrons. The molecule has 0 atom stereocenters. The van der Waals surface area contributed by atoms with Gasteiger partial charge in [0.2, 0.25) is 5.95 Å². The minimum atomic E-state index is 0.714. The number of rotatable bonds is 4. The number of aryl methyl sites for hydroxylation is 3. The lowest BCUT2D eigenvalue weighted by atomic mass is 10.4. The van der Waals surface area contributed by atoms with Crippen LogP contribution in [0.2, 0.25) is 0 Å². The monoisotopic (exact) mass is 220 g/mol. The summed E-state index contributed by atoms with van der Waals surface area (Å²) < 4.78 is 3.64. The van der Waals surface area contributed by atoms with E-state index in [0.29, 0.717) is 6.54 Å². The summed E-state index contributed by atoms with van der Waals surface area (Å²) in [6, 6.07) is 0. The molecule has 2 aromatic rings. The molecule has 0 spiro atoms. The van der Waals surface area contributed by atoms with Crippen LogP contribution in [-0.4, -0.2) is 24.5 Å². The Hall–Kier alpha value is -1.85. The first kappa shape index (κ1) is 10.7. The van der Waals surface area contributed by atoms with Crippen LogP contribution in [0.3, 0.4) is 0 Å². The van der Waals surface area contributed by atoms with Crippen molar-refractivity contribution in [2.24, 2.45) is 7.05 Å². The molecule has 2 aromatic heterocycles. The summed E-state index contributed by atoms with van der Waals surface area (Å²) in [6.45, 7) is 5.55. The van der Waals surface area contributed by atoms with Crippen molar-refractivity contribution in [3.63, 3.8) is 0 Å². The molecule has 0 saturated carbocycles. The molecule has 0 aliphatic heterocycles. The normalized spacial score (nSPS) is 10.7. The summed E-state index contributed by atoms with van der Waals surface area (Å²) in [5.41, 5.74) is 1.14. The Morgan fingerprint density at radius 1 is 1.44 bits per heavy atom. The molecule has 6 nitrogen and oxygen atoms in total. The van der Waals surface area contributed by atoms with Gasteiger partial charge in [0.15, 0.2) is 0 Å². The molecule has 0 saturated heterocycles. The van der Waals surface area contributed by atoms with Crippen LogP contribution < -0.4 is 5.32 Å². The first-order chi connectivity index (χ1) is 7.69. The third-order valence-electron chi connectivity index (χ3n) is 2.33. The predicted molar refractivity (Wildman–Crippen MR) is 61.0 cm³/mol. The lowest BCUT2D eigenvalue weighted by molar-refractivity contribution is 0.659. The summed E-state index contributed by atoms with van der Waals surface area (Å²) in [5.74, 6) is 1.55. The highest BCUT2D eigenvalue weighted by atomic mass is 15.4. The zero-order valence-electron chi connectivity index (χ0n) is 9.80. The Morgan fingerprint density at radius 3 is 2.81 bits per heavy atom. The molecule has 0 aromatic carbocycles. The van der Waals surface area contributed by atoms with Crippen LogP contribution in [-0.2, 0) is 20.1 Å². The second-order valence-corrected chi connectivity index (χ2v) is 3.66. The third-order valence-corrected chi connectivity index (χ3v) is 2.33. The van der Waals surface area contributed by atoms with Crippen molar-refractivity contribution in [2.45, 2.75) is 26.9 Å². The van der Waals surface area contributed by atoms with Gasteiger partial charge in [0.05, 0.1) is 6.20 Å². The minimum absolute atomic E-state index is 0.714. The molecule has 0 amide bonds. The molecule has 2 rings (SSSR count). The zero-order chi connectivity index (χ0) is 11.5. The van der Waals surface area contributed by atoms with Gasteiger partial charge in [-0.2, -0.15) is 15.2 Å². The lowest BCUT2D eigenvalue weighted by Crippen LogP contribution is -2.05. The zero-order valence-corrected chi connectivity index (χ0v) is 9.80. The van der Waals surface area contributed by atoms with Gasteiger partial charge >= 0.3 is 0 Å². The predicted octanol–water partition coefficient (Wildman–Crippen LogP) is 0.952. The summed E-state index contributed by atoms with van der Waals surface area (Å²) in [4.78, 5) is 4.27. The van der Waals surface area contributed by atoms with Crippen molar-refractivity contribution >= 4 is 5.95 Å². The van der Waals surface area contributed by atoms with E-state index in [1.807, 2.05) is 31.0 Å². The van der Waals surface area contributed by atoms with E-state index < -0.39 is 0 Å². The van der Waals surface area contributed by atoms with E-state index in [9.17, 15) is 0 Å². The van der Waals surface area contributed by atoms with Gasteiger partial charge in [0, 0.05) is 31.9 Å². The molecule has 0 fully saturated rings. The van der Waals surface area contributed by atoms with E-state index in [1.165, 1.54) is 0 Å². The Labute approximate surface area is 94.3 Å². The van der Waals surface area contributed by atoms with Crippen LogP contribution in [0.4, 0.5) is 5.95 Å². The molecular formula is C10H16N6. The van der Waals surface area contributed by atoms with Crippen LogP contribution in [0, 0.1) is 6.92 Å². The van der Waals surface area contributed by atoms with Crippen LogP contribution in [0.5, 0.6) is 0 Å². The van der Waals surface area contributed by atoms with Gasteiger partial charge in [-0.1, -0.05) is 0 Å². The molecule has 0 bridgehead atoms. The number of nitrogens with zero attached hydrogens (tertiary/aromatic N) is 5. The van der Waals surface area contributed by atoms with Crippen LogP contribution in [0.1, 0.15) is 18.3 Å². The Morgan fingerprint density at radius 2 is 2.25 bits per heavy atom. The average Bonchev–Trinajstić information content (AvgIpc) is 2.82. The van der Waals surface area contributed by atoms with Crippen molar-refractivity contribution in [3.8, 4) is 0 Å². The highest BCUT2D eigenvalue weighted by Crippen LogP contribution is 2.05. The molecule has 6 heteroatoms. The summed E-state index contributed by atoms with van der Waals surface area (Å²) >= 11 is 0. The van der Waals surface area contributed by atoms with Crippen molar-refractivity contribution < 1.29 is 0 Å². The fourth-order valence-electron chi connectivity index (χ4n) is 1.52. The maximum Gasteiger partial charge on any atom is 0.221 e. The average molecular weight is 220 g/mol. The Kier molecular flexibility index (Phi) is 2.89. The SMILES string of the molecule is CCn1cc(CNc2nc(C)nn2C)cn1. The quantitative estimate of drug-likeness (QED) is 0.833. The van der Waals surface area contributed by atoms with Crippen molar-refractivity contribution in [3.05, 3.63) is 23.8 Å². The maximum absolute atomic E-state index is 4.27. The van der Waals surface area contributed by atoms with E-state index in [0.717, 1.165) is 23.9 Å². The molecule has 16 heavy (non-hydrogen) atoms. The molecule has 2 heterocycles. The van der Waals surface area contributed by atoms with Gasteiger partial charge < -0.3 is 5.32 Å². The fourth-order valence-corrected chi connectivity index (χ4v) is 1.52. The van der Waals surface area contributed by atoms with Gasteiger partial charge in [-0.25, -0.2) is 4.68 Å². The molecule has 0 unspecified atom stereocenters. The molecule has 0 aliphatic rings. The largest absolute Gasteiger partial charge is 0.350 e. The van der Waals surface area contributed by atoms with Crippen molar-refractivity contribution in [1.82, 2.24) is 24.5 Å². The second kappa shape index (κ2) is 4.34. The van der Waals surface area contributed by atoms with Crippen LogP contribution >= 0.6 is 0 Å². The number of hydrogen-bond acceptors (Lipinski definition) is 4. The molecule has 0 aliphatic carbocycles. The first-order valence-corrected chi connectivity index (χ1v) is 5.32. The highest BCUT2D eigenvalue weighted by molar-refractivity contribution is 5.26. The van der Waals surface area contributed by atoms with Gasteiger partial charge in [0.25, 0.3) is 0 Å². The van der Waals surface area contributed by atoms with E-state index in [2.05, 4.69) is 27.4 Å². The Balaban J connectivity index is 1.99. The minimum Gasteiger partial charge on any atom is -0.350 e. The number of nitrogens with one attached hydrogen (secondary N) is 1. The number of hydrogen-bond donors (Lipinski definition) is 1. The molecular weight excluding hydrogens is 204 g/mol. The van der Waals surface area contributed by atoms with Crippen LogP contribution in [0.25, 0.3) is 0 Å². The number of aromatic nitrogens is 5. The van der Waals surface area contributed by atoms with E-state index in [-0.39, 0.29) is 0 Å². The van der Waals surface area contributed by atoms with Gasteiger partial charge in [-0.3, -0.25) is 4.68 Å². The van der Waals surface area contributed by atoms with E-state index in [4.69, 9.17) is 0 Å².